The predicted octanol–water partition coefficient (Wildman–Crippen LogP) is 3.92. The topological polar surface area (TPSA) is 52.6 Å². The van der Waals surface area contributed by atoms with Crippen LogP contribution in [-0.2, 0) is 14.9 Å². The van der Waals surface area contributed by atoms with E-state index in [1.54, 1.807) is 25.3 Å². The van der Waals surface area contributed by atoms with E-state index in [0.29, 0.717) is 15.8 Å². The van der Waals surface area contributed by atoms with Crippen LogP contribution in [-0.4, -0.2) is 25.5 Å². The molecule has 0 radical (unpaired) electrons. The van der Waals surface area contributed by atoms with E-state index in [0.717, 1.165) is 18.4 Å². The normalized spacial score (nSPS) is 14.8. The van der Waals surface area contributed by atoms with Crippen molar-refractivity contribution in [3.63, 3.8) is 0 Å². The molecule has 0 atom stereocenters. The molecule has 2 aromatic rings. The maximum atomic E-state index is 12.4. The summed E-state index contributed by atoms with van der Waals surface area (Å²) in [4.78, 5) is 24.7. The first-order valence-electron chi connectivity index (χ1n) is 7.66. The number of carbonyl (C=O) groups excluding carboxylic acids is 2. The van der Waals surface area contributed by atoms with Gasteiger partial charge in [0.2, 0.25) is 0 Å². The summed E-state index contributed by atoms with van der Waals surface area (Å²) in [5.74, 6) is 0.0785. The van der Waals surface area contributed by atoms with Gasteiger partial charge in [-0.15, -0.1) is 0 Å². The molecule has 0 N–H and O–H groups in total. The van der Waals surface area contributed by atoms with E-state index in [1.807, 2.05) is 30.3 Å². The van der Waals surface area contributed by atoms with Crippen molar-refractivity contribution in [1.82, 2.24) is 0 Å². The van der Waals surface area contributed by atoms with E-state index in [1.165, 1.54) is 0 Å². The molecule has 24 heavy (non-hydrogen) atoms. The highest BCUT2D eigenvalue weighted by molar-refractivity contribution is 9.10. The molecule has 1 aliphatic carbocycles. The fourth-order valence-electron chi connectivity index (χ4n) is 2.69. The van der Waals surface area contributed by atoms with Gasteiger partial charge < -0.3 is 9.47 Å². The Morgan fingerprint density at radius 3 is 2.42 bits per heavy atom. The lowest BCUT2D eigenvalue weighted by Gasteiger charge is -2.14. The molecular weight excluding hydrogens is 372 g/mol. The largest absolute Gasteiger partial charge is 0.496 e. The quantitative estimate of drug-likeness (QED) is 0.555. The van der Waals surface area contributed by atoms with Gasteiger partial charge in [0.25, 0.3) is 0 Å². The number of ketones is 1. The summed E-state index contributed by atoms with van der Waals surface area (Å²) < 4.78 is 11.1. The maximum Gasteiger partial charge on any atom is 0.317 e. The standard InChI is InChI=1S/C19H17BrO4/c1-23-17-8-7-13(11-15(17)20)16(21)12-24-18(22)19(9-10-19)14-5-3-2-4-6-14/h2-8,11H,9-10,12H2,1H3. The molecule has 4 nitrogen and oxygen atoms in total. The van der Waals surface area contributed by atoms with E-state index in [2.05, 4.69) is 15.9 Å². The van der Waals surface area contributed by atoms with Crippen LogP contribution in [0, 0.1) is 0 Å². The highest BCUT2D eigenvalue weighted by Gasteiger charge is 2.52. The number of Topliss-reactive ketones (excluding diaryl/α,β-unsaturated/α-hetero) is 1. The highest BCUT2D eigenvalue weighted by atomic mass is 79.9. The van der Waals surface area contributed by atoms with Gasteiger partial charge in [0.05, 0.1) is 17.0 Å². The van der Waals surface area contributed by atoms with Crippen molar-refractivity contribution in [2.75, 3.05) is 13.7 Å². The summed E-state index contributed by atoms with van der Waals surface area (Å²) >= 11 is 3.34. The summed E-state index contributed by atoms with van der Waals surface area (Å²) in [6, 6.07) is 14.6. The summed E-state index contributed by atoms with van der Waals surface area (Å²) in [7, 11) is 1.56. The molecule has 0 heterocycles. The number of ether oxygens (including phenoxy) is 2. The van der Waals surface area contributed by atoms with E-state index >= 15 is 0 Å². The van der Waals surface area contributed by atoms with E-state index in [-0.39, 0.29) is 18.4 Å². The molecule has 124 valence electrons. The first kappa shape index (κ1) is 16.7. The van der Waals surface area contributed by atoms with Gasteiger partial charge in [0, 0.05) is 5.56 Å². The molecule has 0 aliphatic heterocycles. The summed E-state index contributed by atoms with van der Waals surface area (Å²) in [6.45, 7) is -0.258. The van der Waals surface area contributed by atoms with Crippen LogP contribution in [0.15, 0.2) is 53.0 Å². The summed E-state index contributed by atoms with van der Waals surface area (Å²) in [5, 5.41) is 0. The van der Waals surface area contributed by atoms with Crippen molar-refractivity contribution in [3.05, 3.63) is 64.1 Å². The van der Waals surface area contributed by atoms with Crippen LogP contribution in [0.1, 0.15) is 28.8 Å². The Labute approximate surface area is 148 Å². The van der Waals surface area contributed by atoms with Gasteiger partial charge in [0.15, 0.2) is 12.4 Å². The smallest absolute Gasteiger partial charge is 0.317 e. The van der Waals surface area contributed by atoms with Gasteiger partial charge in [-0.05, 0) is 52.5 Å². The molecule has 0 saturated heterocycles. The minimum atomic E-state index is -0.567. The minimum Gasteiger partial charge on any atom is -0.496 e. The number of halogens is 1. The van der Waals surface area contributed by atoms with Gasteiger partial charge in [-0.3, -0.25) is 9.59 Å². The molecule has 1 saturated carbocycles. The Kier molecular flexibility index (Phi) is 4.71. The molecule has 5 heteroatoms. The molecule has 0 spiro atoms. The van der Waals surface area contributed by atoms with Crippen LogP contribution in [0.3, 0.4) is 0 Å². The van der Waals surface area contributed by atoms with Crippen molar-refractivity contribution >= 4 is 27.7 Å². The van der Waals surface area contributed by atoms with Crippen LogP contribution in [0.4, 0.5) is 0 Å². The van der Waals surface area contributed by atoms with Crippen LogP contribution < -0.4 is 4.74 Å². The van der Waals surface area contributed by atoms with Gasteiger partial charge in [0.1, 0.15) is 5.75 Å². The van der Waals surface area contributed by atoms with Crippen molar-refractivity contribution in [3.8, 4) is 5.75 Å². The fourth-order valence-corrected chi connectivity index (χ4v) is 3.23. The zero-order valence-corrected chi connectivity index (χ0v) is 14.8. The van der Waals surface area contributed by atoms with Gasteiger partial charge in [-0.25, -0.2) is 0 Å². The molecular formula is C19H17BrO4. The van der Waals surface area contributed by atoms with Crippen molar-refractivity contribution in [1.29, 1.82) is 0 Å². The lowest BCUT2D eigenvalue weighted by molar-refractivity contribution is -0.145. The SMILES string of the molecule is COc1ccc(C(=O)COC(=O)C2(c3ccccc3)CC2)cc1Br. The first-order valence-corrected chi connectivity index (χ1v) is 8.45. The first-order chi connectivity index (χ1) is 11.6. The predicted molar refractivity (Wildman–Crippen MR) is 93.3 cm³/mol. The third kappa shape index (κ3) is 3.22. The molecule has 0 unspecified atom stereocenters. The van der Waals surface area contributed by atoms with E-state index < -0.39 is 5.41 Å². The van der Waals surface area contributed by atoms with E-state index in [4.69, 9.17) is 9.47 Å². The molecule has 1 fully saturated rings. The molecule has 0 amide bonds. The lowest BCUT2D eigenvalue weighted by atomic mass is 9.96. The Morgan fingerprint density at radius 2 is 1.83 bits per heavy atom. The second-order valence-electron chi connectivity index (χ2n) is 5.80. The zero-order chi connectivity index (χ0) is 17.2. The Morgan fingerprint density at radius 1 is 1.12 bits per heavy atom. The number of hydrogen-bond acceptors (Lipinski definition) is 4. The highest BCUT2D eigenvalue weighted by Crippen LogP contribution is 2.49. The van der Waals surface area contributed by atoms with Gasteiger partial charge >= 0.3 is 5.97 Å². The van der Waals surface area contributed by atoms with Crippen LogP contribution in [0.2, 0.25) is 0 Å². The second kappa shape index (κ2) is 6.77. The fraction of sp³-hybridized carbons (Fsp3) is 0.263. The van der Waals surface area contributed by atoms with Crippen molar-refractivity contribution in [2.24, 2.45) is 0 Å². The summed E-state index contributed by atoms with van der Waals surface area (Å²) in [5.41, 5.74) is 0.858. The Balaban J connectivity index is 1.64. The number of rotatable bonds is 6. The van der Waals surface area contributed by atoms with Crippen LogP contribution in [0.5, 0.6) is 5.75 Å². The average Bonchev–Trinajstić information content (AvgIpc) is 3.42. The maximum absolute atomic E-state index is 12.4. The third-order valence-corrected chi connectivity index (χ3v) is 4.89. The average molecular weight is 389 g/mol. The van der Waals surface area contributed by atoms with Gasteiger partial charge in [-0.2, -0.15) is 0 Å². The molecule has 0 aromatic heterocycles. The molecule has 0 bridgehead atoms. The zero-order valence-electron chi connectivity index (χ0n) is 13.3. The summed E-state index contributed by atoms with van der Waals surface area (Å²) in [6.07, 6.45) is 1.52. The lowest BCUT2D eigenvalue weighted by Crippen LogP contribution is -2.25. The molecule has 1 aliphatic rings. The number of hydrogen-bond donors (Lipinski definition) is 0. The number of carbonyl (C=O) groups is 2. The van der Waals surface area contributed by atoms with Crippen molar-refractivity contribution in [2.45, 2.75) is 18.3 Å². The molecule has 2 aromatic carbocycles. The monoisotopic (exact) mass is 388 g/mol. The Bertz CT molecular complexity index is 766. The van der Waals surface area contributed by atoms with Crippen LogP contribution in [0.25, 0.3) is 0 Å². The van der Waals surface area contributed by atoms with Gasteiger partial charge in [-0.1, -0.05) is 30.3 Å². The number of benzene rings is 2. The Hall–Kier alpha value is -2.14. The van der Waals surface area contributed by atoms with Crippen LogP contribution >= 0.6 is 15.9 Å². The van der Waals surface area contributed by atoms with E-state index in [9.17, 15) is 9.59 Å². The number of esters is 1. The minimum absolute atomic E-state index is 0.240. The third-order valence-electron chi connectivity index (χ3n) is 4.28. The number of methoxy groups -OCH3 is 1. The molecule has 3 rings (SSSR count). The second-order valence-corrected chi connectivity index (χ2v) is 6.65. The van der Waals surface area contributed by atoms with Crippen molar-refractivity contribution < 1.29 is 19.1 Å².